The van der Waals surface area contributed by atoms with Crippen molar-refractivity contribution in [1.82, 2.24) is 5.32 Å². The van der Waals surface area contributed by atoms with E-state index in [1.165, 1.54) is 0 Å². The Morgan fingerprint density at radius 3 is 2.29 bits per heavy atom. The molecule has 0 aromatic rings. The first-order valence-corrected chi connectivity index (χ1v) is 5.63. The van der Waals surface area contributed by atoms with Crippen LogP contribution in [-0.4, -0.2) is 30.8 Å². The van der Waals surface area contributed by atoms with Gasteiger partial charge in [0.1, 0.15) is 12.7 Å². The van der Waals surface area contributed by atoms with E-state index in [9.17, 15) is 9.59 Å². The molecular weight excluding hydrogens is 222 g/mol. The minimum atomic E-state index is -0.525. The van der Waals surface area contributed by atoms with Gasteiger partial charge < -0.3 is 14.8 Å². The van der Waals surface area contributed by atoms with Crippen LogP contribution in [0.4, 0.5) is 4.79 Å². The fourth-order valence-electron chi connectivity index (χ4n) is 0.993. The molecule has 0 aromatic carbocycles. The van der Waals surface area contributed by atoms with E-state index in [0.717, 1.165) is 6.08 Å². The third kappa shape index (κ3) is 7.38. The maximum absolute atomic E-state index is 11.4. The molecule has 0 spiro atoms. The number of alkyl carbamates (subject to hydrolysis) is 1. The molecule has 1 N–H and O–H groups in total. The number of hydrogen-bond donors (Lipinski definition) is 1. The van der Waals surface area contributed by atoms with Gasteiger partial charge >= 0.3 is 12.1 Å². The van der Waals surface area contributed by atoms with Crippen LogP contribution in [-0.2, 0) is 14.3 Å². The zero-order chi connectivity index (χ0) is 13.4. The molecule has 1 amide bonds. The second-order valence-electron chi connectivity index (χ2n) is 4.32. The lowest BCUT2D eigenvalue weighted by atomic mass is 10.1. The molecule has 0 aliphatic heterocycles. The molecule has 0 radical (unpaired) electrons. The number of amides is 1. The van der Waals surface area contributed by atoms with Crippen LogP contribution in [0.3, 0.4) is 0 Å². The average molecular weight is 243 g/mol. The largest absolute Gasteiger partial charge is 0.459 e. The first-order valence-electron chi connectivity index (χ1n) is 5.63. The predicted octanol–water partition coefficient (Wildman–Crippen LogP) is 1.87. The first-order chi connectivity index (χ1) is 7.86. The van der Waals surface area contributed by atoms with Crippen LogP contribution in [0.2, 0.25) is 0 Å². The molecule has 0 fully saturated rings. The molecule has 0 aliphatic carbocycles. The Bertz CT molecular complexity index is 274. The summed E-state index contributed by atoms with van der Waals surface area (Å²) >= 11 is 0. The number of nitrogens with one attached hydrogen (secondary N) is 1. The summed E-state index contributed by atoms with van der Waals surface area (Å²) in [6, 6.07) is 0.00559. The van der Waals surface area contributed by atoms with Crippen molar-refractivity contribution < 1.29 is 19.1 Å². The first kappa shape index (κ1) is 15.5. The maximum Gasteiger partial charge on any atom is 0.407 e. The highest BCUT2D eigenvalue weighted by Gasteiger charge is 2.20. The van der Waals surface area contributed by atoms with Crippen LogP contribution in [0.15, 0.2) is 12.7 Å². The maximum atomic E-state index is 11.4. The normalized spacial score (nSPS) is 12.1. The van der Waals surface area contributed by atoms with Crippen LogP contribution in [0, 0.1) is 5.92 Å². The third-order valence-corrected chi connectivity index (χ3v) is 1.97. The van der Waals surface area contributed by atoms with Gasteiger partial charge in [-0.15, -0.1) is 0 Å². The van der Waals surface area contributed by atoms with Crippen molar-refractivity contribution in [3.63, 3.8) is 0 Å². The van der Waals surface area contributed by atoms with Gasteiger partial charge in [-0.2, -0.15) is 0 Å². The van der Waals surface area contributed by atoms with Gasteiger partial charge in [-0.1, -0.05) is 20.4 Å². The van der Waals surface area contributed by atoms with Crippen molar-refractivity contribution in [1.29, 1.82) is 0 Å². The van der Waals surface area contributed by atoms with Gasteiger partial charge in [0.05, 0.1) is 0 Å². The molecule has 0 heterocycles. The summed E-state index contributed by atoms with van der Waals surface area (Å²) in [5.41, 5.74) is 0. The zero-order valence-corrected chi connectivity index (χ0v) is 10.9. The fourth-order valence-corrected chi connectivity index (χ4v) is 0.993. The highest BCUT2D eigenvalue weighted by atomic mass is 16.6. The van der Waals surface area contributed by atoms with Gasteiger partial charge in [0.2, 0.25) is 0 Å². The summed E-state index contributed by atoms with van der Waals surface area (Å²) in [5, 5.41) is 2.61. The Balaban J connectivity index is 4.19. The lowest BCUT2D eigenvalue weighted by molar-refractivity contribution is -0.141. The van der Waals surface area contributed by atoms with Crippen LogP contribution in [0.5, 0.6) is 0 Å². The van der Waals surface area contributed by atoms with Gasteiger partial charge in [-0.05, 0) is 19.8 Å². The van der Waals surface area contributed by atoms with E-state index in [2.05, 4.69) is 11.9 Å². The fraction of sp³-hybridized carbons (Fsp3) is 0.667. The van der Waals surface area contributed by atoms with Crippen molar-refractivity contribution in [2.45, 2.75) is 39.8 Å². The standard InChI is InChI=1S/C12H21NO4/c1-6-11(14)16-7-10(8(2)3)17-12(15)13-9(4)5/h6,8-10H,1,7H2,2-5H3,(H,13,15). The zero-order valence-electron chi connectivity index (χ0n) is 10.9. The van der Waals surface area contributed by atoms with Crippen molar-refractivity contribution in [2.24, 2.45) is 5.92 Å². The summed E-state index contributed by atoms with van der Waals surface area (Å²) in [5.74, 6) is -0.464. The smallest absolute Gasteiger partial charge is 0.407 e. The lowest BCUT2D eigenvalue weighted by Crippen LogP contribution is -2.37. The monoisotopic (exact) mass is 243 g/mol. The Labute approximate surface area is 102 Å². The molecule has 17 heavy (non-hydrogen) atoms. The molecule has 98 valence electrons. The third-order valence-electron chi connectivity index (χ3n) is 1.97. The molecule has 0 saturated heterocycles. The summed E-state index contributed by atoms with van der Waals surface area (Å²) in [6.45, 7) is 10.8. The van der Waals surface area contributed by atoms with E-state index < -0.39 is 18.2 Å². The minimum absolute atomic E-state index is 0.00559. The Hall–Kier alpha value is -1.52. The number of rotatable bonds is 6. The second kappa shape index (κ2) is 7.70. The van der Waals surface area contributed by atoms with Crippen molar-refractivity contribution in [2.75, 3.05) is 6.61 Å². The van der Waals surface area contributed by atoms with Gasteiger partial charge in [0, 0.05) is 12.1 Å². The summed E-state index contributed by atoms with van der Waals surface area (Å²) in [7, 11) is 0. The molecule has 0 aliphatic rings. The number of ether oxygens (including phenoxy) is 2. The van der Waals surface area contributed by atoms with Gasteiger partial charge in [0.15, 0.2) is 0 Å². The number of carbonyl (C=O) groups is 2. The lowest BCUT2D eigenvalue weighted by Gasteiger charge is -2.21. The van der Waals surface area contributed by atoms with Crippen molar-refractivity contribution in [3.8, 4) is 0 Å². The van der Waals surface area contributed by atoms with E-state index in [1.807, 2.05) is 27.7 Å². The van der Waals surface area contributed by atoms with Crippen LogP contribution in [0.1, 0.15) is 27.7 Å². The molecule has 1 atom stereocenters. The van der Waals surface area contributed by atoms with Crippen molar-refractivity contribution in [3.05, 3.63) is 12.7 Å². The highest BCUT2D eigenvalue weighted by Crippen LogP contribution is 2.08. The average Bonchev–Trinajstić information content (AvgIpc) is 2.22. The Morgan fingerprint density at radius 2 is 1.88 bits per heavy atom. The van der Waals surface area contributed by atoms with E-state index in [1.54, 1.807) is 0 Å². The molecule has 0 aromatic heterocycles. The Kier molecular flexibility index (Phi) is 7.02. The quantitative estimate of drug-likeness (QED) is 0.571. The molecule has 0 saturated carbocycles. The number of hydrogen-bond acceptors (Lipinski definition) is 4. The summed E-state index contributed by atoms with van der Waals surface area (Å²) in [4.78, 5) is 22.3. The molecule has 5 heteroatoms. The van der Waals surface area contributed by atoms with Crippen LogP contribution in [0.25, 0.3) is 0 Å². The molecule has 0 bridgehead atoms. The topological polar surface area (TPSA) is 64.6 Å². The van der Waals surface area contributed by atoms with E-state index in [-0.39, 0.29) is 18.6 Å². The molecule has 0 rings (SSSR count). The van der Waals surface area contributed by atoms with Gasteiger partial charge in [-0.25, -0.2) is 9.59 Å². The summed E-state index contributed by atoms with van der Waals surface area (Å²) < 4.78 is 10.0. The predicted molar refractivity (Wildman–Crippen MR) is 64.5 cm³/mol. The minimum Gasteiger partial charge on any atom is -0.459 e. The number of esters is 1. The van der Waals surface area contributed by atoms with Gasteiger partial charge in [-0.3, -0.25) is 0 Å². The SMILES string of the molecule is C=CC(=O)OCC(OC(=O)NC(C)C)C(C)C. The molecule has 5 nitrogen and oxygen atoms in total. The van der Waals surface area contributed by atoms with E-state index in [4.69, 9.17) is 9.47 Å². The van der Waals surface area contributed by atoms with Crippen LogP contribution < -0.4 is 5.32 Å². The highest BCUT2D eigenvalue weighted by molar-refractivity contribution is 5.81. The van der Waals surface area contributed by atoms with E-state index >= 15 is 0 Å². The molecule has 1 unspecified atom stereocenters. The Morgan fingerprint density at radius 1 is 1.29 bits per heavy atom. The number of carbonyl (C=O) groups excluding carboxylic acids is 2. The summed E-state index contributed by atoms with van der Waals surface area (Å²) in [6.07, 6.45) is 0.108. The van der Waals surface area contributed by atoms with E-state index in [0.29, 0.717) is 0 Å². The van der Waals surface area contributed by atoms with Gasteiger partial charge in [0.25, 0.3) is 0 Å². The van der Waals surface area contributed by atoms with Crippen molar-refractivity contribution >= 4 is 12.1 Å². The molecular formula is C12H21NO4. The van der Waals surface area contributed by atoms with Crippen LogP contribution >= 0.6 is 0 Å². The second-order valence-corrected chi connectivity index (χ2v) is 4.32.